The van der Waals surface area contributed by atoms with Crippen LogP contribution in [-0.4, -0.2) is 11.1 Å². The topological polar surface area (TPSA) is 37.3 Å². The van der Waals surface area contributed by atoms with Gasteiger partial charge in [-0.05, 0) is 90.2 Å². The fourth-order valence-corrected chi connectivity index (χ4v) is 6.20. The molecule has 0 atom stereocenters. The van der Waals surface area contributed by atoms with Crippen molar-refractivity contribution in [3.63, 3.8) is 0 Å². The molecular weight excluding hydrogens is 464 g/mol. The van der Waals surface area contributed by atoms with Crippen LogP contribution in [0.2, 0.25) is 0 Å². The van der Waals surface area contributed by atoms with Gasteiger partial charge >= 0.3 is 5.97 Å². The smallest absolute Gasteiger partial charge is 0.303 e. The molecule has 2 nitrogen and oxygen atoms in total. The van der Waals surface area contributed by atoms with Crippen molar-refractivity contribution >= 4 is 5.97 Å². The van der Waals surface area contributed by atoms with Crippen LogP contribution in [-0.2, 0) is 11.2 Å². The molecule has 0 heterocycles. The number of rotatable bonds is 14. The summed E-state index contributed by atoms with van der Waals surface area (Å²) in [6, 6.07) is 26.9. The van der Waals surface area contributed by atoms with Crippen molar-refractivity contribution in [2.45, 2.75) is 103 Å². The van der Waals surface area contributed by atoms with E-state index < -0.39 is 5.97 Å². The number of aliphatic carboxylic acids is 1. The van der Waals surface area contributed by atoms with Crippen LogP contribution in [0.1, 0.15) is 107 Å². The molecular formula is C36H46O2. The molecule has 2 heteroatoms. The van der Waals surface area contributed by atoms with Crippen molar-refractivity contribution in [2.24, 2.45) is 5.92 Å². The Labute approximate surface area is 230 Å². The summed E-state index contributed by atoms with van der Waals surface area (Å²) in [5.41, 5.74) is 7.83. The zero-order valence-electron chi connectivity index (χ0n) is 23.3. The maximum atomic E-state index is 10.7. The number of carboxylic acids is 1. The molecule has 0 radical (unpaired) electrons. The monoisotopic (exact) mass is 510 g/mol. The van der Waals surface area contributed by atoms with E-state index in [1.165, 1.54) is 97.6 Å². The average molecular weight is 511 g/mol. The molecule has 0 aromatic heterocycles. The molecule has 0 bridgehead atoms. The van der Waals surface area contributed by atoms with Gasteiger partial charge in [-0.3, -0.25) is 4.79 Å². The first kappa shape index (κ1) is 28.1. The molecule has 0 saturated heterocycles. The molecule has 0 spiro atoms. The first-order valence-corrected chi connectivity index (χ1v) is 15.1. The summed E-state index contributed by atoms with van der Waals surface area (Å²) >= 11 is 0. The zero-order chi connectivity index (χ0) is 26.6. The van der Waals surface area contributed by atoms with E-state index in [-0.39, 0.29) is 6.42 Å². The van der Waals surface area contributed by atoms with E-state index in [9.17, 15) is 4.79 Å². The van der Waals surface area contributed by atoms with Gasteiger partial charge in [0, 0.05) is 6.42 Å². The quantitative estimate of drug-likeness (QED) is 0.219. The minimum Gasteiger partial charge on any atom is -0.481 e. The molecule has 1 N–H and O–H groups in total. The largest absolute Gasteiger partial charge is 0.481 e. The van der Waals surface area contributed by atoms with E-state index in [0.29, 0.717) is 0 Å². The van der Waals surface area contributed by atoms with E-state index in [2.05, 4.69) is 79.7 Å². The Morgan fingerprint density at radius 2 is 1.32 bits per heavy atom. The summed E-state index contributed by atoms with van der Waals surface area (Å²) in [5, 5.41) is 8.83. The third kappa shape index (κ3) is 8.32. The van der Waals surface area contributed by atoms with Gasteiger partial charge in [0.1, 0.15) is 0 Å². The maximum absolute atomic E-state index is 10.7. The van der Waals surface area contributed by atoms with Crippen LogP contribution >= 0.6 is 0 Å². The van der Waals surface area contributed by atoms with Crippen LogP contribution in [0, 0.1) is 5.92 Å². The molecule has 1 saturated carbocycles. The van der Waals surface area contributed by atoms with E-state index in [0.717, 1.165) is 31.1 Å². The Balaban J connectivity index is 1.34. The fourth-order valence-electron chi connectivity index (χ4n) is 6.20. The number of carbonyl (C=O) groups is 1. The lowest BCUT2D eigenvalue weighted by Crippen LogP contribution is -2.13. The van der Waals surface area contributed by atoms with Crippen LogP contribution in [0.3, 0.4) is 0 Å². The third-order valence-corrected chi connectivity index (χ3v) is 8.55. The second kappa shape index (κ2) is 14.9. The first-order chi connectivity index (χ1) is 18.6. The fraction of sp³-hybridized carbons (Fsp3) is 0.472. The van der Waals surface area contributed by atoms with Crippen LogP contribution < -0.4 is 0 Å². The van der Waals surface area contributed by atoms with Gasteiger partial charge in [-0.25, -0.2) is 0 Å². The molecule has 1 aliphatic rings. The van der Waals surface area contributed by atoms with Gasteiger partial charge in [0.25, 0.3) is 0 Å². The summed E-state index contributed by atoms with van der Waals surface area (Å²) in [5.74, 6) is 0.967. The van der Waals surface area contributed by atoms with Gasteiger partial charge in [0.15, 0.2) is 0 Å². The molecule has 3 aromatic rings. The van der Waals surface area contributed by atoms with Crippen molar-refractivity contribution in [3.8, 4) is 22.3 Å². The summed E-state index contributed by atoms with van der Waals surface area (Å²) in [7, 11) is 0. The van der Waals surface area contributed by atoms with Gasteiger partial charge in [0.05, 0.1) is 0 Å². The van der Waals surface area contributed by atoms with E-state index in [1.54, 1.807) is 0 Å². The van der Waals surface area contributed by atoms with Crippen LogP contribution in [0.25, 0.3) is 22.3 Å². The second-order valence-electron chi connectivity index (χ2n) is 11.4. The number of hydrogen-bond donors (Lipinski definition) is 1. The highest BCUT2D eigenvalue weighted by Gasteiger charge is 2.22. The van der Waals surface area contributed by atoms with Crippen molar-refractivity contribution in [1.29, 1.82) is 0 Å². The SMILES string of the molecule is CCCCCCCC1CCC(c2ccc(-c3ccccc3-c3ccc(CCCCC(=O)O)cc3)cc2)CC1. The lowest BCUT2D eigenvalue weighted by atomic mass is 9.77. The first-order valence-electron chi connectivity index (χ1n) is 15.1. The molecule has 4 rings (SSSR count). The van der Waals surface area contributed by atoms with Crippen LogP contribution in [0.5, 0.6) is 0 Å². The number of carboxylic acid groups (broad SMARTS) is 1. The average Bonchev–Trinajstić information content (AvgIpc) is 2.96. The summed E-state index contributed by atoms with van der Waals surface area (Å²) < 4.78 is 0. The van der Waals surface area contributed by atoms with Crippen molar-refractivity contribution in [1.82, 2.24) is 0 Å². The third-order valence-electron chi connectivity index (χ3n) is 8.55. The molecule has 1 aliphatic carbocycles. The van der Waals surface area contributed by atoms with Gasteiger partial charge < -0.3 is 5.11 Å². The molecule has 0 amide bonds. The summed E-state index contributed by atoms with van der Waals surface area (Å²) in [6.45, 7) is 2.29. The van der Waals surface area contributed by atoms with Gasteiger partial charge in [-0.2, -0.15) is 0 Å². The molecule has 0 unspecified atom stereocenters. The maximum Gasteiger partial charge on any atom is 0.303 e. The highest BCUT2D eigenvalue weighted by molar-refractivity contribution is 5.83. The zero-order valence-corrected chi connectivity index (χ0v) is 23.3. The lowest BCUT2D eigenvalue weighted by Gasteiger charge is -2.29. The summed E-state index contributed by atoms with van der Waals surface area (Å²) in [6.07, 6.45) is 16.8. The number of aryl methyl sites for hydroxylation is 1. The van der Waals surface area contributed by atoms with E-state index in [1.807, 2.05) is 0 Å². The predicted molar refractivity (Wildman–Crippen MR) is 161 cm³/mol. The molecule has 202 valence electrons. The van der Waals surface area contributed by atoms with Crippen molar-refractivity contribution in [2.75, 3.05) is 0 Å². The highest BCUT2D eigenvalue weighted by atomic mass is 16.4. The van der Waals surface area contributed by atoms with E-state index in [4.69, 9.17) is 5.11 Å². The van der Waals surface area contributed by atoms with Crippen molar-refractivity contribution < 1.29 is 9.90 Å². The van der Waals surface area contributed by atoms with E-state index >= 15 is 0 Å². The number of unbranched alkanes of at least 4 members (excludes halogenated alkanes) is 5. The minimum absolute atomic E-state index is 0.255. The molecule has 38 heavy (non-hydrogen) atoms. The Bertz CT molecular complexity index is 1100. The molecule has 1 fully saturated rings. The Kier molecular flexibility index (Phi) is 11.0. The van der Waals surface area contributed by atoms with Crippen molar-refractivity contribution in [3.05, 3.63) is 83.9 Å². The van der Waals surface area contributed by atoms with Gasteiger partial charge in [0.2, 0.25) is 0 Å². The highest BCUT2D eigenvalue weighted by Crippen LogP contribution is 2.39. The molecule has 0 aliphatic heterocycles. The standard InChI is InChI=1S/C36H46O2/c1-2-3-4-5-6-11-28-16-20-30(21-17-28)31-24-26-33(27-25-31)35-14-9-8-13-34(35)32-22-18-29(19-23-32)12-7-10-15-36(37)38/h8-9,13-14,18-19,22-28,30H,2-7,10-12,15-17,20-21H2,1H3,(H,37,38). The number of hydrogen-bond acceptors (Lipinski definition) is 1. The normalized spacial score (nSPS) is 17.4. The second-order valence-corrected chi connectivity index (χ2v) is 11.4. The lowest BCUT2D eigenvalue weighted by molar-refractivity contribution is -0.137. The Morgan fingerprint density at radius 3 is 1.92 bits per heavy atom. The molecule has 3 aromatic carbocycles. The van der Waals surface area contributed by atoms with Crippen LogP contribution in [0.15, 0.2) is 72.8 Å². The Hall–Kier alpha value is -2.87. The summed E-state index contributed by atoms with van der Waals surface area (Å²) in [4.78, 5) is 10.7. The van der Waals surface area contributed by atoms with Gasteiger partial charge in [-0.1, -0.05) is 118 Å². The Morgan fingerprint density at radius 1 is 0.711 bits per heavy atom. The van der Waals surface area contributed by atoms with Gasteiger partial charge in [-0.15, -0.1) is 0 Å². The number of benzene rings is 3. The minimum atomic E-state index is -0.708. The van der Waals surface area contributed by atoms with Crippen LogP contribution in [0.4, 0.5) is 0 Å². The predicted octanol–water partition coefficient (Wildman–Crippen LogP) is 10.5.